The summed E-state index contributed by atoms with van der Waals surface area (Å²) in [5.74, 6) is -0.326. The number of rotatable bonds is 5. The second-order valence-electron chi connectivity index (χ2n) is 5.05. The minimum Gasteiger partial charge on any atom is -0.488 e. The molecule has 0 atom stereocenters. The molecule has 3 rings (SSSR count). The molecular formula is C18H15NO3S. The van der Waals surface area contributed by atoms with Crippen LogP contribution < -0.4 is 4.74 Å². The summed E-state index contributed by atoms with van der Waals surface area (Å²) >= 11 is 1.30. The molecule has 0 aliphatic heterocycles. The predicted molar refractivity (Wildman–Crippen MR) is 90.0 cm³/mol. The van der Waals surface area contributed by atoms with Crippen molar-refractivity contribution < 1.29 is 14.6 Å². The fourth-order valence-corrected chi connectivity index (χ4v) is 3.02. The van der Waals surface area contributed by atoms with E-state index in [1.165, 1.54) is 22.3 Å². The van der Waals surface area contributed by atoms with Gasteiger partial charge in [0, 0.05) is 5.38 Å². The zero-order chi connectivity index (χ0) is 16.2. The first kappa shape index (κ1) is 15.2. The number of aromatic carboxylic acids is 1. The van der Waals surface area contributed by atoms with E-state index in [0.29, 0.717) is 17.4 Å². The third kappa shape index (κ3) is 3.40. The average Bonchev–Trinajstić information content (AvgIpc) is 3.04. The molecule has 0 fully saturated rings. The van der Waals surface area contributed by atoms with E-state index in [-0.39, 0.29) is 5.69 Å². The van der Waals surface area contributed by atoms with Crippen LogP contribution >= 0.6 is 11.3 Å². The van der Waals surface area contributed by atoms with Crippen LogP contribution in [0.2, 0.25) is 0 Å². The second-order valence-corrected chi connectivity index (χ2v) is 5.91. The summed E-state index contributed by atoms with van der Waals surface area (Å²) in [5.41, 5.74) is 3.15. The molecule has 0 saturated heterocycles. The molecule has 2 aromatic carbocycles. The number of para-hydroxylation sites is 1. The van der Waals surface area contributed by atoms with Crippen LogP contribution in [0.15, 0.2) is 53.9 Å². The van der Waals surface area contributed by atoms with Gasteiger partial charge in [-0.1, -0.05) is 36.4 Å². The number of carbonyl (C=O) groups is 1. The molecule has 23 heavy (non-hydrogen) atoms. The summed E-state index contributed by atoms with van der Waals surface area (Å²) in [6.07, 6.45) is 0. The average molecular weight is 325 g/mol. The SMILES string of the molecule is Cc1ccccc1COc1ccccc1-c1nc(C(=O)O)cs1. The highest BCUT2D eigenvalue weighted by Gasteiger charge is 2.13. The summed E-state index contributed by atoms with van der Waals surface area (Å²) in [7, 11) is 0. The van der Waals surface area contributed by atoms with E-state index < -0.39 is 5.97 Å². The van der Waals surface area contributed by atoms with Crippen LogP contribution in [0.3, 0.4) is 0 Å². The molecule has 1 heterocycles. The van der Waals surface area contributed by atoms with Crippen LogP contribution in [0, 0.1) is 6.92 Å². The van der Waals surface area contributed by atoms with Gasteiger partial charge in [0.1, 0.15) is 17.4 Å². The standard InChI is InChI=1S/C18H15NO3S/c1-12-6-2-3-7-13(12)10-22-16-9-5-4-8-14(16)17-19-15(11-23-17)18(20)21/h2-9,11H,10H2,1H3,(H,20,21). The van der Waals surface area contributed by atoms with Crippen LogP contribution in [-0.2, 0) is 6.61 Å². The lowest BCUT2D eigenvalue weighted by Crippen LogP contribution is -1.99. The van der Waals surface area contributed by atoms with Gasteiger partial charge < -0.3 is 9.84 Å². The van der Waals surface area contributed by atoms with E-state index in [1.54, 1.807) is 0 Å². The van der Waals surface area contributed by atoms with Crippen LogP contribution in [-0.4, -0.2) is 16.1 Å². The number of thiazole rings is 1. The van der Waals surface area contributed by atoms with Gasteiger partial charge in [-0.05, 0) is 30.2 Å². The Labute approximate surface area is 138 Å². The number of hydrogen-bond acceptors (Lipinski definition) is 4. The molecule has 0 radical (unpaired) electrons. The Bertz CT molecular complexity index is 842. The maximum atomic E-state index is 11.0. The van der Waals surface area contributed by atoms with E-state index in [0.717, 1.165) is 11.1 Å². The van der Waals surface area contributed by atoms with Gasteiger partial charge in [0.25, 0.3) is 0 Å². The smallest absolute Gasteiger partial charge is 0.355 e. The molecule has 0 aliphatic carbocycles. The van der Waals surface area contributed by atoms with Gasteiger partial charge >= 0.3 is 5.97 Å². The molecule has 3 aromatic rings. The topological polar surface area (TPSA) is 59.4 Å². The minimum absolute atomic E-state index is 0.0544. The molecular weight excluding hydrogens is 310 g/mol. The highest BCUT2D eigenvalue weighted by atomic mass is 32.1. The summed E-state index contributed by atoms with van der Waals surface area (Å²) < 4.78 is 5.95. The first-order valence-corrected chi connectivity index (χ1v) is 7.98. The van der Waals surface area contributed by atoms with Crippen LogP contribution in [0.4, 0.5) is 0 Å². The fraction of sp³-hybridized carbons (Fsp3) is 0.111. The molecule has 0 aliphatic rings. The lowest BCUT2D eigenvalue weighted by atomic mass is 10.1. The third-order valence-corrected chi connectivity index (χ3v) is 4.36. The van der Waals surface area contributed by atoms with Crippen molar-refractivity contribution in [3.8, 4) is 16.3 Å². The van der Waals surface area contributed by atoms with Gasteiger partial charge in [-0.2, -0.15) is 0 Å². The summed E-state index contributed by atoms with van der Waals surface area (Å²) in [6, 6.07) is 15.6. The van der Waals surface area contributed by atoms with E-state index in [4.69, 9.17) is 9.84 Å². The van der Waals surface area contributed by atoms with Crippen LogP contribution in [0.1, 0.15) is 21.6 Å². The Balaban J connectivity index is 1.86. The Kier molecular flexibility index (Phi) is 4.39. The lowest BCUT2D eigenvalue weighted by Gasteiger charge is -2.11. The number of carboxylic acid groups (broad SMARTS) is 1. The maximum Gasteiger partial charge on any atom is 0.355 e. The summed E-state index contributed by atoms with van der Waals surface area (Å²) in [5, 5.41) is 11.2. The number of aromatic nitrogens is 1. The van der Waals surface area contributed by atoms with Gasteiger partial charge in [-0.25, -0.2) is 9.78 Å². The zero-order valence-electron chi connectivity index (χ0n) is 12.5. The van der Waals surface area contributed by atoms with Crippen molar-refractivity contribution in [3.63, 3.8) is 0 Å². The van der Waals surface area contributed by atoms with Crippen molar-refractivity contribution in [2.45, 2.75) is 13.5 Å². The van der Waals surface area contributed by atoms with E-state index in [1.807, 2.05) is 55.5 Å². The molecule has 4 nitrogen and oxygen atoms in total. The van der Waals surface area contributed by atoms with Crippen molar-refractivity contribution in [3.05, 3.63) is 70.7 Å². The Hall–Kier alpha value is -2.66. The largest absolute Gasteiger partial charge is 0.488 e. The minimum atomic E-state index is -1.02. The Morgan fingerprint density at radius 2 is 1.91 bits per heavy atom. The molecule has 1 N–H and O–H groups in total. The second kappa shape index (κ2) is 6.62. The molecule has 0 spiro atoms. The van der Waals surface area contributed by atoms with E-state index in [2.05, 4.69) is 4.98 Å². The molecule has 1 aromatic heterocycles. The monoisotopic (exact) mass is 325 g/mol. The molecule has 5 heteroatoms. The molecule has 0 bridgehead atoms. The number of carboxylic acids is 1. The number of nitrogens with zero attached hydrogens (tertiary/aromatic N) is 1. The number of benzene rings is 2. The maximum absolute atomic E-state index is 11.0. The quantitative estimate of drug-likeness (QED) is 0.755. The number of hydrogen-bond donors (Lipinski definition) is 1. The normalized spacial score (nSPS) is 10.5. The van der Waals surface area contributed by atoms with E-state index >= 15 is 0 Å². The zero-order valence-corrected chi connectivity index (χ0v) is 13.3. The first-order valence-electron chi connectivity index (χ1n) is 7.10. The van der Waals surface area contributed by atoms with Gasteiger partial charge in [0.2, 0.25) is 0 Å². The predicted octanol–water partition coefficient (Wildman–Crippen LogP) is 4.40. The summed E-state index contributed by atoms with van der Waals surface area (Å²) in [6.45, 7) is 2.51. The highest BCUT2D eigenvalue weighted by molar-refractivity contribution is 7.13. The summed E-state index contributed by atoms with van der Waals surface area (Å²) in [4.78, 5) is 15.1. The van der Waals surface area contributed by atoms with Crippen LogP contribution in [0.5, 0.6) is 5.75 Å². The molecule has 0 unspecified atom stereocenters. The van der Waals surface area contributed by atoms with Crippen molar-refractivity contribution in [1.29, 1.82) is 0 Å². The van der Waals surface area contributed by atoms with Gasteiger partial charge in [0.15, 0.2) is 5.69 Å². The number of aryl methyl sites for hydroxylation is 1. The van der Waals surface area contributed by atoms with Gasteiger partial charge in [0.05, 0.1) is 5.56 Å². The van der Waals surface area contributed by atoms with Crippen LogP contribution in [0.25, 0.3) is 10.6 Å². The fourth-order valence-electron chi connectivity index (χ4n) is 2.19. The first-order chi connectivity index (χ1) is 11.1. The van der Waals surface area contributed by atoms with Crippen molar-refractivity contribution in [2.24, 2.45) is 0 Å². The molecule has 0 saturated carbocycles. The van der Waals surface area contributed by atoms with Crippen molar-refractivity contribution >= 4 is 17.3 Å². The number of ether oxygens (including phenoxy) is 1. The van der Waals surface area contributed by atoms with Crippen molar-refractivity contribution in [2.75, 3.05) is 0 Å². The lowest BCUT2D eigenvalue weighted by molar-refractivity contribution is 0.0691. The third-order valence-electron chi connectivity index (χ3n) is 3.49. The van der Waals surface area contributed by atoms with Gasteiger partial charge in [-0.3, -0.25) is 0 Å². The molecule has 0 amide bonds. The Morgan fingerprint density at radius 3 is 2.65 bits per heavy atom. The van der Waals surface area contributed by atoms with Gasteiger partial charge in [-0.15, -0.1) is 11.3 Å². The van der Waals surface area contributed by atoms with E-state index in [9.17, 15) is 4.79 Å². The van der Waals surface area contributed by atoms with Crippen molar-refractivity contribution in [1.82, 2.24) is 4.98 Å². The molecule has 116 valence electrons. The Morgan fingerprint density at radius 1 is 1.17 bits per heavy atom. The highest BCUT2D eigenvalue weighted by Crippen LogP contribution is 2.32.